The number of nitrogens with zero attached hydrogens (tertiary/aromatic N) is 5. The molecule has 0 atom stereocenters. The third-order valence-electron chi connectivity index (χ3n) is 5.91. The van der Waals surface area contributed by atoms with Gasteiger partial charge >= 0.3 is 0 Å². The highest BCUT2D eigenvalue weighted by Crippen LogP contribution is 2.29. The largest absolute Gasteiger partial charge is 0.336 e. The van der Waals surface area contributed by atoms with Crippen molar-refractivity contribution in [3.05, 3.63) is 71.9 Å². The maximum Gasteiger partial charge on any atom is 0.253 e. The molecule has 166 valence electrons. The molecule has 4 aromatic rings. The predicted octanol–water partition coefficient (Wildman–Crippen LogP) is 3.97. The first kappa shape index (κ1) is 22.5. The molecule has 7 nitrogen and oxygen atoms in total. The van der Waals surface area contributed by atoms with Crippen molar-refractivity contribution in [3.63, 3.8) is 0 Å². The van der Waals surface area contributed by atoms with E-state index in [-0.39, 0.29) is 18.3 Å². The number of carbonyl (C=O) groups excluding carboxylic acids is 1. The van der Waals surface area contributed by atoms with Crippen LogP contribution in [-0.2, 0) is 0 Å². The highest BCUT2D eigenvalue weighted by atomic mass is 35.5. The van der Waals surface area contributed by atoms with Crippen molar-refractivity contribution in [2.45, 2.75) is 0 Å². The first-order valence-electron chi connectivity index (χ1n) is 10.6. The lowest BCUT2D eigenvalue weighted by molar-refractivity contribution is 0.0664. The van der Waals surface area contributed by atoms with Gasteiger partial charge in [0, 0.05) is 49.1 Å². The number of halogens is 1. The number of imidazole rings is 1. The summed E-state index contributed by atoms with van der Waals surface area (Å²) in [7, 11) is 2.07. The van der Waals surface area contributed by atoms with Crippen molar-refractivity contribution in [2.24, 2.45) is 0 Å². The van der Waals surface area contributed by atoms with Gasteiger partial charge in [-0.05, 0) is 42.9 Å². The van der Waals surface area contributed by atoms with E-state index in [1.807, 2.05) is 47.4 Å². The lowest BCUT2D eigenvalue weighted by Crippen LogP contribution is -2.47. The maximum atomic E-state index is 12.8. The van der Waals surface area contributed by atoms with Crippen LogP contribution >= 0.6 is 12.4 Å². The molecule has 1 saturated heterocycles. The van der Waals surface area contributed by atoms with E-state index in [9.17, 15) is 4.79 Å². The molecule has 0 radical (unpaired) electrons. The van der Waals surface area contributed by atoms with Crippen LogP contribution in [0.15, 0.2) is 60.8 Å². The number of likely N-dealkylation sites (N-methyl/N-ethyl adjacent to an activating group) is 1. The number of fused-ring (bicyclic) bond motifs is 1. The second-order valence-electron chi connectivity index (χ2n) is 8.00. The van der Waals surface area contributed by atoms with Crippen LogP contribution in [0.1, 0.15) is 15.9 Å². The number of benzene rings is 2. The summed E-state index contributed by atoms with van der Waals surface area (Å²) in [5.74, 6) is 0.770. The SMILES string of the molecule is CN1CCN(C(=O)c2ccc(-c3nc4nccc(-c5ccc(C#N)cc5)c4[nH]3)cc2)CC1.Cl. The highest BCUT2D eigenvalue weighted by Gasteiger charge is 2.20. The summed E-state index contributed by atoms with van der Waals surface area (Å²) in [5, 5.41) is 9.04. The number of pyridine rings is 1. The highest BCUT2D eigenvalue weighted by molar-refractivity contribution is 5.95. The summed E-state index contributed by atoms with van der Waals surface area (Å²) >= 11 is 0. The topological polar surface area (TPSA) is 88.9 Å². The summed E-state index contributed by atoms with van der Waals surface area (Å²) in [6.45, 7) is 3.31. The standard InChI is InChI=1S/C25H22N6O.ClH/c1-30-12-14-31(15-13-30)25(32)20-8-6-19(7-9-20)23-28-22-21(10-11-27-24(22)29-23)18-4-2-17(16-26)3-5-18;/h2-11H,12-15H2,1H3,(H,27,28,29);1H. The zero-order valence-electron chi connectivity index (χ0n) is 18.2. The Balaban J connectivity index is 0.00000259. The van der Waals surface area contributed by atoms with Crippen molar-refractivity contribution in [1.29, 1.82) is 5.26 Å². The average molecular weight is 459 g/mol. The van der Waals surface area contributed by atoms with Gasteiger partial charge in [-0.2, -0.15) is 5.26 Å². The molecule has 3 heterocycles. The molecular weight excluding hydrogens is 436 g/mol. The molecular formula is C25H23ClN6O. The van der Waals surface area contributed by atoms with E-state index in [4.69, 9.17) is 5.26 Å². The van der Waals surface area contributed by atoms with Crippen LogP contribution in [0.5, 0.6) is 0 Å². The van der Waals surface area contributed by atoms with E-state index in [0.29, 0.717) is 22.6 Å². The normalized spacial score (nSPS) is 14.0. The minimum atomic E-state index is 0. The van der Waals surface area contributed by atoms with E-state index in [1.54, 1.807) is 18.3 Å². The van der Waals surface area contributed by atoms with Crippen molar-refractivity contribution in [3.8, 4) is 28.6 Å². The molecule has 0 aliphatic carbocycles. The van der Waals surface area contributed by atoms with Crippen LogP contribution in [0.3, 0.4) is 0 Å². The molecule has 0 bridgehead atoms. The van der Waals surface area contributed by atoms with Gasteiger partial charge in [-0.25, -0.2) is 9.97 Å². The van der Waals surface area contributed by atoms with Crippen LogP contribution in [0.2, 0.25) is 0 Å². The number of amides is 1. The van der Waals surface area contributed by atoms with Gasteiger partial charge in [-0.1, -0.05) is 24.3 Å². The van der Waals surface area contributed by atoms with Crippen LogP contribution in [0.4, 0.5) is 0 Å². The minimum Gasteiger partial charge on any atom is -0.336 e. The number of piperazine rings is 1. The Labute approximate surface area is 198 Å². The first-order valence-corrected chi connectivity index (χ1v) is 10.6. The lowest BCUT2D eigenvalue weighted by Gasteiger charge is -2.32. The van der Waals surface area contributed by atoms with E-state index >= 15 is 0 Å². The lowest BCUT2D eigenvalue weighted by atomic mass is 10.0. The van der Waals surface area contributed by atoms with Gasteiger partial charge in [0.1, 0.15) is 5.82 Å². The first-order chi connectivity index (χ1) is 15.6. The summed E-state index contributed by atoms with van der Waals surface area (Å²) in [6.07, 6.45) is 1.73. The average Bonchev–Trinajstić information content (AvgIpc) is 3.29. The monoisotopic (exact) mass is 458 g/mol. The van der Waals surface area contributed by atoms with E-state index in [2.05, 4.69) is 33.0 Å². The number of aromatic amines is 1. The molecule has 8 heteroatoms. The van der Waals surface area contributed by atoms with Gasteiger partial charge < -0.3 is 14.8 Å². The van der Waals surface area contributed by atoms with Crippen LogP contribution in [-0.4, -0.2) is 63.9 Å². The molecule has 5 rings (SSSR count). The van der Waals surface area contributed by atoms with Gasteiger partial charge in [0.15, 0.2) is 5.65 Å². The molecule has 2 aromatic heterocycles. The number of hydrogen-bond donors (Lipinski definition) is 1. The number of carbonyl (C=O) groups is 1. The van der Waals surface area contributed by atoms with Crippen LogP contribution < -0.4 is 0 Å². The Kier molecular flexibility index (Phi) is 6.40. The second kappa shape index (κ2) is 9.41. The van der Waals surface area contributed by atoms with E-state index in [0.717, 1.165) is 48.4 Å². The molecule has 1 amide bonds. The van der Waals surface area contributed by atoms with Crippen molar-refractivity contribution >= 4 is 29.5 Å². The number of rotatable bonds is 3. The summed E-state index contributed by atoms with van der Waals surface area (Å²) in [5.41, 5.74) is 5.62. The molecule has 2 aromatic carbocycles. The molecule has 1 N–H and O–H groups in total. The second-order valence-corrected chi connectivity index (χ2v) is 8.00. The quantitative estimate of drug-likeness (QED) is 0.501. The Morgan fingerprint density at radius 3 is 2.30 bits per heavy atom. The predicted molar refractivity (Wildman–Crippen MR) is 130 cm³/mol. The van der Waals surface area contributed by atoms with Crippen molar-refractivity contribution < 1.29 is 4.79 Å². The number of hydrogen-bond acceptors (Lipinski definition) is 5. The summed E-state index contributed by atoms with van der Waals surface area (Å²) < 4.78 is 0. The fourth-order valence-corrected chi connectivity index (χ4v) is 3.98. The molecule has 0 saturated carbocycles. The molecule has 0 spiro atoms. The third-order valence-corrected chi connectivity index (χ3v) is 5.91. The zero-order valence-corrected chi connectivity index (χ0v) is 19.0. The third kappa shape index (κ3) is 4.44. The van der Waals surface area contributed by atoms with Gasteiger partial charge in [0.2, 0.25) is 0 Å². The van der Waals surface area contributed by atoms with Crippen molar-refractivity contribution in [1.82, 2.24) is 24.8 Å². The van der Waals surface area contributed by atoms with Crippen molar-refractivity contribution in [2.75, 3.05) is 33.2 Å². The Hall–Kier alpha value is -3.73. The van der Waals surface area contributed by atoms with Gasteiger partial charge in [0.05, 0.1) is 17.1 Å². The minimum absolute atomic E-state index is 0. The zero-order chi connectivity index (χ0) is 22.1. The number of nitrogens with one attached hydrogen (secondary N) is 1. The Morgan fingerprint density at radius 2 is 1.64 bits per heavy atom. The fraction of sp³-hybridized carbons (Fsp3) is 0.200. The number of nitriles is 1. The van der Waals surface area contributed by atoms with Gasteiger partial charge in [-0.3, -0.25) is 4.79 Å². The Morgan fingerprint density at radius 1 is 0.970 bits per heavy atom. The van der Waals surface area contributed by atoms with Gasteiger partial charge in [0.25, 0.3) is 5.91 Å². The molecule has 33 heavy (non-hydrogen) atoms. The van der Waals surface area contributed by atoms with Crippen LogP contribution in [0, 0.1) is 11.3 Å². The van der Waals surface area contributed by atoms with E-state index in [1.165, 1.54) is 0 Å². The smallest absolute Gasteiger partial charge is 0.253 e. The van der Waals surface area contributed by atoms with Gasteiger partial charge in [-0.15, -0.1) is 12.4 Å². The summed E-state index contributed by atoms with van der Waals surface area (Å²) in [6, 6.07) is 19.1. The maximum absolute atomic E-state index is 12.8. The molecule has 1 aliphatic heterocycles. The molecule has 1 aliphatic rings. The summed E-state index contributed by atoms with van der Waals surface area (Å²) in [4.78, 5) is 29.4. The Bertz CT molecular complexity index is 1320. The van der Waals surface area contributed by atoms with E-state index < -0.39 is 0 Å². The molecule has 1 fully saturated rings. The van der Waals surface area contributed by atoms with Crippen LogP contribution in [0.25, 0.3) is 33.7 Å². The fourth-order valence-electron chi connectivity index (χ4n) is 3.98. The number of aromatic nitrogens is 3. The molecule has 0 unspecified atom stereocenters. The number of H-pyrrole nitrogens is 1.